The van der Waals surface area contributed by atoms with Gasteiger partial charge in [-0.3, -0.25) is 9.59 Å². The number of carbonyl (C=O) groups excluding carboxylic acids is 2. The fourth-order valence-corrected chi connectivity index (χ4v) is 8.13. The van der Waals surface area contributed by atoms with Gasteiger partial charge in [0.25, 0.3) is 11.8 Å². The second-order valence-electron chi connectivity index (χ2n) is 11.9. The highest BCUT2D eigenvalue weighted by molar-refractivity contribution is 6.36. The number of benzene rings is 4. The van der Waals surface area contributed by atoms with Crippen molar-refractivity contribution in [1.29, 1.82) is 0 Å². The number of nitrogens with zero attached hydrogens (tertiary/aromatic N) is 4. The Morgan fingerprint density at radius 1 is 0.953 bits per heavy atom. The molecular formula is C35H28N4O4. The Morgan fingerprint density at radius 3 is 2.37 bits per heavy atom. The molecule has 212 valence electrons. The van der Waals surface area contributed by atoms with Crippen molar-refractivity contribution in [3.63, 3.8) is 0 Å². The van der Waals surface area contributed by atoms with Crippen LogP contribution in [0.4, 0.5) is 0 Å². The number of hydrogen-bond donors (Lipinski definition) is 0. The van der Waals surface area contributed by atoms with Gasteiger partial charge in [-0.15, -0.1) is 0 Å². The van der Waals surface area contributed by atoms with E-state index in [1.165, 1.54) is 0 Å². The first-order valence-corrected chi connectivity index (χ1v) is 14.6. The van der Waals surface area contributed by atoms with Crippen LogP contribution in [0.15, 0.2) is 83.9 Å². The maximum Gasteiger partial charge on any atom is 0.278 e. The van der Waals surface area contributed by atoms with E-state index >= 15 is 0 Å². The standard InChI is InChI=1S/C35H28N4O4/c1-35-32(42-3)25(37(2)34(41)19-11-5-4-6-12-19)17-26(43-35)38-23-15-9-7-13-20(23)28-29-22(18-36-33(29)40)27-21-14-8-10-16-24(21)39(35)31(27)30(28)38/h4-16,18,25-26,32H,17H2,1-3H3/t25-,26-,32-,35+/m1/s1. The third-order valence-electron chi connectivity index (χ3n) is 9.84. The molecule has 2 bridgehead atoms. The summed E-state index contributed by atoms with van der Waals surface area (Å²) in [6, 6.07) is 25.5. The lowest BCUT2D eigenvalue weighted by atomic mass is 9.91. The van der Waals surface area contributed by atoms with Gasteiger partial charge in [0.05, 0.1) is 33.7 Å². The molecule has 8 nitrogen and oxygen atoms in total. The minimum absolute atomic E-state index is 0.0711. The van der Waals surface area contributed by atoms with Crippen LogP contribution < -0.4 is 0 Å². The van der Waals surface area contributed by atoms with E-state index in [0.29, 0.717) is 17.5 Å². The Labute approximate surface area is 246 Å². The molecule has 0 unspecified atom stereocenters. The molecule has 4 atom stereocenters. The summed E-state index contributed by atoms with van der Waals surface area (Å²) in [5.41, 5.74) is 4.98. The Kier molecular flexibility index (Phi) is 4.84. The van der Waals surface area contributed by atoms with Crippen LogP contribution in [0.25, 0.3) is 43.6 Å². The Hall–Kier alpha value is -4.79. The molecular weight excluding hydrogens is 540 g/mol. The predicted octanol–water partition coefficient (Wildman–Crippen LogP) is 6.24. The average molecular weight is 569 g/mol. The molecule has 1 saturated heterocycles. The first-order valence-electron chi connectivity index (χ1n) is 14.6. The van der Waals surface area contributed by atoms with Crippen LogP contribution >= 0.6 is 0 Å². The zero-order valence-electron chi connectivity index (χ0n) is 23.9. The van der Waals surface area contributed by atoms with E-state index in [1.807, 2.05) is 66.5 Å². The summed E-state index contributed by atoms with van der Waals surface area (Å²) < 4.78 is 18.1. The molecule has 0 radical (unpaired) electrons. The van der Waals surface area contributed by atoms with Gasteiger partial charge in [-0.2, -0.15) is 0 Å². The fraction of sp³-hybridized carbons (Fsp3) is 0.229. The topological polar surface area (TPSA) is 78.1 Å². The number of aliphatic imine (C=N–C) groups is 1. The van der Waals surface area contributed by atoms with Crippen molar-refractivity contribution in [3.05, 3.63) is 95.6 Å². The lowest BCUT2D eigenvalue weighted by Crippen LogP contribution is -2.61. The van der Waals surface area contributed by atoms with Gasteiger partial charge in [0.1, 0.15) is 12.3 Å². The molecule has 0 spiro atoms. The quantitative estimate of drug-likeness (QED) is 0.253. The Bertz CT molecular complexity index is 2230. The van der Waals surface area contributed by atoms with Crippen molar-refractivity contribution in [3.8, 4) is 0 Å². The van der Waals surface area contributed by atoms with Crippen molar-refractivity contribution in [1.82, 2.24) is 14.0 Å². The van der Waals surface area contributed by atoms with Crippen LogP contribution in [0.3, 0.4) is 0 Å². The van der Waals surface area contributed by atoms with Gasteiger partial charge >= 0.3 is 0 Å². The minimum Gasteiger partial charge on any atom is -0.374 e. The fourth-order valence-electron chi connectivity index (χ4n) is 8.13. The molecule has 0 saturated carbocycles. The highest BCUT2D eigenvalue weighted by Gasteiger charge is 2.55. The van der Waals surface area contributed by atoms with Crippen LogP contribution in [0.2, 0.25) is 0 Å². The highest BCUT2D eigenvalue weighted by Crippen LogP contribution is 2.54. The van der Waals surface area contributed by atoms with Gasteiger partial charge in [-0.05, 0) is 31.2 Å². The third kappa shape index (κ3) is 2.94. The number of hydrogen-bond acceptors (Lipinski definition) is 4. The zero-order valence-corrected chi connectivity index (χ0v) is 23.9. The lowest BCUT2D eigenvalue weighted by Gasteiger charge is -2.50. The maximum atomic E-state index is 13.9. The molecule has 0 N–H and O–H groups in total. The van der Waals surface area contributed by atoms with E-state index in [2.05, 4.69) is 45.3 Å². The predicted molar refractivity (Wildman–Crippen MR) is 166 cm³/mol. The SMILES string of the molecule is CO[C@@H]1[C@H](N(C)C(=O)c2ccccc2)C[C@H]2O[C@]1(C)n1c3ccccc3c3c4c(c5c6ccccc6n2c5c31)C(=O)N=C4. The number of rotatable bonds is 3. The Balaban J connectivity index is 1.43. The van der Waals surface area contributed by atoms with Gasteiger partial charge in [0.2, 0.25) is 0 Å². The van der Waals surface area contributed by atoms with E-state index in [-0.39, 0.29) is 17.9 Å². The van der Waals surface area contributed by atoms with Gasteiger partial charge in [-0.25, -0.2) is 4.99 Å². The molecule has 4 aromatic carbocycles. The first-order chi connectivity index (χ1) is 20.9. The zero-order chi connectivity index (χ0) is 29.2. The number of methoxy groups -OCH3 is 1. The van der Waals surface area contributed by atoms with E-state index < -0.39 is 18.1 Å². The van der Waals surface area contributed by atoms with Crippen molar-refractivity contribution in [2.24, 2.45) is 4.99 Å². The summed E-state index contributed by atoms with van der Waals surface area (Å²) in [7, 11) is 3.55. The molecule has 43 heavy (non-hydrogen) atoms. The molecule has 0 aliphatic carbocycles. The molecule has 8 heteroatoms. The molecule has 5 heterocycles. The molecule has 9 rings (SSSR count). The molecule has 3 aliphatic heterocycles. The summed E-state index contributed by atoms with van der Waals surface area (Å²) in [6.07, 6.45) is 1.28. The molecule has 2 aromatic heterocycles. The first kappa shape index (κ1) is 24.8. The number of likely N-dealkylation sites (N-methyl/N-ethyl adjacent to an activating group) is 1. The van der Waals surface area contributed by atoms with Gasteiger partial charge < -0.3 is 23.5 Å². The maximum absolute atomic E-state index is 13.9. The van der Waals surface area contributed by atoms with E-state index in [1.54, 1.807) is 13.3 Å². The number of carbonyl (C=O) groups is 2. The van der Waals surface area contributed by atoms with Crippen molar-refractivity contribution >= 4 is 61.6 Å². The van der Waals surface area contributed by atoms with Crippen LogP contribution in [0.1, 0.15) is 45.9 Å². The number of para-hydroxylation sites is 2. The van der Waals surface area contributed by atoms with Gasteiger partial charge in [-0.1, -0.05) is 54.6 Å². The second-order valence-corrected chi connectivity index (χ2v) is 11.9. The molecule has 2 amide bonds. The average Bonchev–Trinajstić information content (AvgIpc) is 3.68. The number of amides is 2. The summed E-state index contributed by atoms with van der Waals surface area (Å²) in [6.45, 7) is 2.07. The number of ether oxygens (including phenoxy) is 2. The normalized spacial score (nSPS) is 24.0. The minimum atomic E-state index is -1.00. The van der Waals surface area contributed by atoms with Crippen LogP contribution in [0, 0.1) is 0 Å². The van der Waals surface area contributed by atoms with E-state index in [9.17, 15) is 9.59 Å². The molecule has 6 aromatic rings. The second kappa shape index (κ2) is 8.40. The number of fused-ring (bicyclic) bond motifs is 13. The largest absolute Gasteiger partial charge is 0.374 e. The summed E-state index contributed by atoms with van der Waals surface area (Å²) >= 11 is 0. The monoisotopic (exact) mass is 568 g/mol. The van der Waals surface area contributed by atoms with Gasteiger partial charge in [0.15, 0.2) is 5.72 Å². The number of aromatic nitrogens is 2. The van der Waals surface area contributed by atoms with Crippen molar-refractivity contribution in [2.75, 3.05) is 14.2 Å². The van der Waals surface area contributed by atoms with Crippen LogP contribution in [-0.2, 0) is 15.2 Å². The molecule has 1 fully saturated rings. The Morgan fingerprint density at radius 2 is 1.63 bits per heavy atom. The third-order valence-corrected chi connectivity index (χ3v) is 9.84. The summed E-state index contributed by atoms with van der Waals surface area (Å²) in [5.74, 6) is -0.296. The summed E-state index contributed by atoms with van der Waals surface area (Å²) in [5, 5.41) is 3.87. The van der Waals surface area contributed by atoms with Crippen molar-refractivity contribution in [2.45, 2.75) is 37.4 Å². The molecule has 3 aliphatic rings. The van der Waals surface area contributed by atoms with E-state index in [0.717, 1.165) is 49.2 Å². The smallest absolute Gasteiger partial charge is 0.278 e. The highest BCUT2D eigenvalue weighted by atomic mass is 16.6. The van der Waals surface area contributed by atoms with Crippen LogP contribution in [-0.4, -0.2) is 58.4 Å². The van der Waals surface area contributed by atoms with Crippen molar-refractivity contribution < 1.29 is 19.1 Å². The van der Waals surface area contributed by atoms with Gasteiger partial charge in [0, 0.05) is 59.5 Å². The lowest BCUT2D eigenvalue weighted by molar-refractivity contribution is -0.264. The van der Waals surface area contributed by atoms with E-state index in [4.69, 9.17) is 9.47 Å². The summed E-state index contributed by atoms with van der Waals surface area (Å²) in [4.78, 5) is 33.4. The van der Waals surface area contributed by atoms with Crippen LogP contribution in [0.5, 0.6) is 0 Å².